The minimum atomic E-state index is 1.12. The van der Waals surface area contributed by atoms with Crippen molar-refractivity contribution in [2.45, 2.75) is 78.3 Å². The van der Waals surface area contributed by atoms with Gasteiger partial charge < -0.3 is 0 Å². The molecule has 2 heteroatoms. The highest BCUT2D eigenvalue weighted by molar-refractivity contribution is 5.13. The Bertz CT molecular complexity index is 504. The molecule has 0 aromatic carbocycles. The van der Waals surface area contributed by atoms with Crippen molar-refractivity contribution in [1.82, 2.24) is 0 Å². The summed E-state index contributed by atoms with van der Waals surface area (Å²) < 4.78 is 4.61. The van der Waals surface area contributed by atoms with Crippen molar-refractivity contribution in [2.24, 2.45) is 0 Å². The number of aromatic nitrogens is 2. The molecule has 130 valence electrons. The highest BCUT2D eigenvalue weighted by Gasteiger charge is 2.04. The Morgan fingerprint density at radius 3 is 1.29 bits per heavy atom. The van der Waals surface area contributed by atoms with Gasteiger partial charge in [-0.05, 0) is 36.8 Å². The van der Waals surface area contributed by atoms with Gasteiger partial charge in [0.25, 0.3) is 0 Å². The summed E-state index contributed by atoms with van der Waals surface area (Å²) in [6.45, 7) is 6.80. The molecular formula is C22H34N2+2. The van der Waals surface area contributed by atoms with E-state index in [1.807, 2.05) is 0 Å². The molecule has 0 aliphatic heterocycles. The summed E-state index contributed by atoms with van der Waals surface area (Å²) in [4.78, 5) is 0. The van der Waals surface area contributed by atoms with E-state index in [1.54, 1.807) is 0 Å². The van der Waals surface area contributed by atoms with Crippen molar-refractivity contribution < 1.29 is 9.13 Å². The summed E-state index contributed by atoms with van der Waals surface area (Å²) in [5, 5.41) is 0. The molecule has 0 radical (unpaired) electrons. The molecule has 0 fully saturated rings. The zero-order valence-corrected chi connectivity index (χ0v) is 15.6. The number of unbranched alkanes of at least 4 members (excludes halogenated alkanes) is 4. The number of rotatable bonds is 11. The maximum atomic E-state index is 2.31. The van der Waals surface area contributed by atoms with Crippen LogP contribution in [0.5, 0.6) is 0 Å². The summed E-state index contributed by atoms with van der Waals surface area (Å²) >= 11 is 0. The minimum Gasteiger partial charge on any atom is -0.205 e. The van der Waals surface area contributed by atoms with Crippen LogP contribution in [0.3, 0.4) is 0 Å². The van der Waals surface area contributed by atoms with Crippen molar-refractivity contribution >= 4 is 0 Å². The van der Waals surface area contributed by atoms with Crippen LogP contribution in [0.2, 0.25) is 0 Å². The lowest BCUT2D eigenvalue weighted by Gasteiger charge is -2.02. The van der Waals surface area contributed by atoms with E-state index < -0.39 is 0 Å². The molecule has 2 nitrogen and oxygen atoms in total. The van der Waals surface area contributed by atoms with Gasteiger partial charge in [0.2, 0.25) is 0 Å². The van der Waals surface area contributed by atoms with Crippen LogP contribution >= 0.6 is 0 Å². The molecule has 2 aromatic rings. The van der Waals surface area contributed by atoms with E-state index in [2.05, 4.69) is 72.0 Å². The highest BCUT2D eigenvalue weighted by Crippen LogP contribution is 2.05. The monoisotopic (exact) mass is 326 g/mol. The lowest BCUT2D eigenvalue weighted by atomic mass is 10.1. The first-order chi connectivity index (χ1) is 11.8. The normalized spacial score (nSPS) is 10.9. The molecule has 2 aromatic heterocycles. The Morgan fingerprint density at radius 2 is 0.958 bits per heavy atom. The van der Waals surface area contributed by atoms with Crippen LogP contribution in [0, 0.1) is 0 Å². The fourth-order valence-corrected chi connectivity index (χ4v) is 2.99. The Labute approximate surface area is 148 Å². The van der Waals surface area contributed by atoms with Crippen molar-refractivity contribution in [3.8, 4) is 0 Å². The second-order valence-corrected chi connectivity index (χ2v) is 6.80. The average molecular weight is 327 g/mol. The lowest BCUT2D eigenvalue weighted by Crippen LogP contribution is -2.32. The summed E-state index contributed by atoms with van der Waals surface area (Å²) in [6, 6.07) is 9.11. The fourth-order valence-electron chi connectivity index (χ4n) is 2.99. The number of hydrogen-bond donors (Lipinski definition) is 0. The number of nitrogens with zero attached hydrogens (tertiary/aromatic N) is 2. The van der Waals surface area contributed by atoms with Crippen LogP contribution in [0.25, 0.3) is 0 Å². The summed E-state index contributed by atoms with van der Waals surface area (Å²) in [7, 11) is 0. The molecule has 0 aliphatic carbocycles. The van der Waals surface area contributed by atoms with Crippen LogP contribution in [0.4, 0.5) is 0 Å². The van der Waals surface area contributed by atoms with Crippen LogP contribution in [0.1, 0.15) is 63.5 Å². The summed E-state index contributed by atoms with van der Waals surface area (Å²) in [6.07, 6.45) is 19.0. The average Bonchev–Trinajstić information content (AvgIpc) is 2.63. The quantitative estimate of drug-likeness (QED) is 0.426. The molecule has 0 atom stereocenters. The first-order valence-corrected chi connectivity index (χ1v) is 9.77. The van der Waals surface area contributed by atoms with Gasteiger partial charge in [-0.1, -0.05) is 26.7 Å². The predicted octanol–water partition coefficient (Wildman–Crippen LogP) is 4.43. The molecule has 0 amide bonds. The Hall–Kier alpha value is -1.70. The zero-order chi connectivity index (χ0) is 17.0. The molecule has 2 rings (SSSR count). The third-order valence-electron chi connectivity index (χ3n) is 4.66. The molecule has 24 heavy (non-hydrogen) atoms. The van der Waals surface area contributed by atoms with E-state index in [1.165, 1.54) is 49.7 Å². The maximum absolute atomic E-state index is 2.31. The molecule has 0 spiro atoms. The largest absolute Gasteiger partial charge is 0.205 e. The van der Waals surface area contributed by atoms with Gasteiger partial charge in [-0.15, -0.1) is 0 Å². The molecule has 2 heterocycles. The predicted molar refractivity (Wildman–Crippen MR) is 99.7 cm³/mol. The van der Waals surface area contributed by atoms with Crippen molar-refractivity contribution in [3.05, 3.63) is 60.2 Å². The van der Waals surface area contributed by atoms with E-state index in [0.29, 0.717) is 0 Å². The smallest absolute Gasteiger partial charge is 0.169 e. The van der Waals surface area contributed by atoms with Gasteiger partial charge in [-0.25, -0.2) is 9.13 Å². The van der Waals surface area contributed by atoms with Gasteiger partial charge in [0.15, 0.2) is 24.8 Å². The Kier molecular flexibility index (Phi) is 8.51. The molecule has 0 unspecified atom stereocenters. The molecule has 0 N–H and O–H groups in total. The second-order valence-electron chi connectivity index (χ2n) is 6.80. The van der Waals surface area contributed by atoms with E-state index in [4.69, 9.17) is 0 Å². The van der Waals surface area contributed by atoms with Crippen molar-refractivity contribution in [3.63, 3.8) is 0 Å². The van der Waals surface area contributed by atoms with E-state index in [-0.39, 0.29) is 0 Å². The molecule has 0 bridgehead atoms. The molecule has 0 aliphatic rings. The van der Waals surface area contributed by atoms with Gasteiger partial charge in [-0.3, -0.25) is 0 Å². The van der Waals surface area contributed by atoms with Crippen LogP contribution < -0.4 is 9.13 Å². The van der Waals surface area contributed by atoms with Gasteiger partial charge in [0, 0.05) is 37.1 Å². The molecular weight excluding hydrogens is 292 g/mol. The van der Waals surface area contributed by atoms with E-state index >= 15 is 0 Å². The topological polar surface area (TPSA) is 7.76 Å². The minimum absolute atomic E-state index is 1.12. The first-order valence-electron chi connectivity index (χ1n) is 9.77. The van der Waals surface area contributed by atoms with Gasteiger partial charge in [0.1, 0.15) is 13.1 Å². The van der Waals surface area contributed by atoms with Crippen molar-refractivity contribution in [2.75, 3.05) is 0 Å². The van der Waals surface area contributed by atoms with Gasteiger partial charge in [-0.2, -0.15) is 0 Å². The molecule has 0 saturated heterocycles. The molecule has 0 saturated carbocycles. The van der Waals surface area contributed by atoms with Gasteiger partial charge in [0.05, 0.1) is 0 Å². The lowest BCUT2D eigenvalue weighted by molar-refractivity contribution is -0.697. The van der Waals surface area contributed by atoms with Crippen LogP contribution in [0.15, 0.2) is 49.1 Å². The first kappa shape index (κ1) is 18.6. The third-order valence-corrected chi connectivity index (χ3v) is 4.66. The Morgan fingerprint density at radius 1 is 0.583 bits per heavy atom. The van der Waals surface area contributed by atoms with Crippen LogP contribution in [-0.4, -0.2) is 0 Å². The fraction of sp³-hybridized carbons (Fsp3) is 0.545. The summed E-state index contributed by atoms with van der Waals surface area (Å²) in [5.41, 5.74) is 2.86. The van der Waals surface area contributed by atoms with Crippen LogP contribution in [-0.2, 0) is 25.9 Å². The van der Waals surface area contributed by atoms with E-state index in [9.17, 15) is 0 Å². The number of pyridine rings is 2. The van der Waals surface area contributed by atoms with E-state index in [0.717, 1.165) is 25.9 Å². The Balaban J connectivity index is 1.76. The number of hydrogen-bond acceptors (Lipinski definition) is 0. The summed E-state index contributed by atoms with van der Waals surface area (Å²) in [5.74, 6) is 0. The SMILES string of the molecule is CCCCC[n+]1ccc(CCc2cc[n+](CCCCC)cc2)cc1. The third kappa shape index (κ3) is 6.82. The number of aryl methyl sites for hydroxylation is 4. The standard InChI is InChI=1S/C22H34N2/c1-3-5-7-15-23-17-11-21(12-18-23)9-10-22-13-19-24(20-14-22)16-8-6-4-2/h11-14,17-20H,3-10,15-16H2,1-2H3/q+2. The van der Waals surface area contributed by atoms with Crippen molar-refractivity contribution in [1.29, 1.82) is 0 Å². The maximum Gasteiger partial charge on any atom is 0.169 e. The van der Waals surface area contributed by atoms with Gasteiger partial charge >= 0.3 is 0 Å². The second kappa shape index (κ2) is 11.0. The highest BCUT2D eigenvalue weighted by atomic mass is 14.9. The zero-order valence-electron chi connectivity index (χ0n) is 15.6.